The zero-order valence-corrected chi connectivity index (χ0v) is 12.7. The SMILES string of the molecule is CCOC(=O)c1nn(C(C)C)c2c1CNC[C@@H]2C.Cl. The normalized spacial score (nSPS) is 17.8. The Bertz CT molecular complexity index is 457. The lowest BCUT2D eigenvalue weighted by Crippen LogP contribution is -2.29. The molecule has 0 spiro atoms. The lowest BCUT2D eigenvalue weighted by Gasteiger charge is -2.23. The maximum absolute atomic E-state index is 11.9. The molecule has 1 aromatic heterocycles. The van der Waals surface area contributed by atoms with E-state index in [0.29, 0.717) is 24.8 Å². The molecular weight excluding hydrogens is 266 g/mol. The third-order valence-electron chi connectivity index (χ3n) is 3.23. The van der Waals surface area contributed by atoms with Gasteiger partial charge in [0.15, 0.2) is 5.69 Å². The van der Waals surface area contributed by atoms with Gasteiger partial charge in [0.25, 0.3) is 0 Å². The predicted molar refractivity (Wildman–Crippen MR) is 75.9 cm³/mol. The minimum atomic E-state index is -0.316. The third kappa shape index (κ3) is 2.92. The summed E-state index contributed by atoms with van der Waals surface area (Å²) in [6.07, 6.45) is 0. The van der Waals surface area contributed by atoms with Crippen molar-refractivity contribution in [3.05, 3.63) is 17.0 Å². The Kier molecular flexibility index (Phi) is 5.38. The molecule has 0 saturated heterocycles. The van der Waals surface area contributed by atoms with E-state index >= 15 is 0 Å². The van der Waals surface area contributed by atoms with Gasteiger partial charge in [-0.1, -0.05) is 6.92 Å². The van der Waals surface area contributed by atoms with E-state index in [1.165, 1.54) is 5.69 Å². The largest absolute Gasteiger partial charge is 0.461 e. The fraction of sp³-hybridized carbons (Fsp3) is 0.692. The summed E-state index contributed by atoms with van der Waals surface area (Å²) in [5.74, 6) is 0.0517. The summed E-state index contributed by atoms with van der Waals surface area (Å²) >= 11 is 0. The Balaban J connectivity index is 0.00000180. The molecule has 2 rings (SSSR count). The number of carbonyl (C=O) groups excluding carboxylic acids is 1. The molecule has 0 unspecified atom stereocenters. The Morgan fingerprint density at radius 1 is 1.58 bits per heavy atom. The van der Waals surface area contributed by atoms with Gasteiger partial charge in [-0.05, 0) is 20.8 Å². The molecule has 1 atom stereocenters. The van der Waals surface area contributed by atoms with E-state index in [4.69, 9.17) is 4.74 Å². The highest BCUT2D eigenvalue weighted by Crippen LogP contribution is 2.29. The number of aromatic nitrogens is 2. The summed E-state index contributed by atoms with van der Waals surface area (Å²) in [5.41, 5.74) is 2.65. The van der Waals surface area contributed by atoms with Gasteiger partial charge in [0.2, 0.25) is 0 Å². The summed E-state index contributed by atoms with van der Waals surface area (Å²) < 4.78 is 7.05. The number of rotatable bonds is 3. The molecule has 0 aliphatic carbocycles. The Hall–Kier alpha value is -1.07. The molecule has 1 aliphatic rings. The fourth-order valence-corrected chi connectivity index (χ4v) is 2.45. The molecule has 0 amide bonds. The molecule has 1 aromatic rings. The number of carbonyl (C=O) groups is 1. The van der Waals surface area contributed by atoms with Crippen LogP contribution in [0.2, 0.25) is 0 Å². The van der Waals surface area contributed by atoms with Crippen LogP contribution in [-0.2, 0) is 11.3 Å². The van der Waals surface area contributed by atoms with E-state index < -0.39 is 0 Å². The molecule has 1 N–H and O–H groups in total. The van der Waals surface area contributed by atoms with Crippen LogP contribution in [0.5, 0.6) is 0 Å². The Morgan fingerprint density at radius 2 is 2.26 bits per heavy atom. The minimum absolute atomic E-state index is 0. The number of nitrogens with zero attached hydrogens (tertiary/aromatic N) is 2. The first kappa shape index (κ1) is 16.0. The van der Waals surface area contributed by atoms with Crippen molar-refractivity contribution in [1.82, 2.24) is 15.1 Å². The molecular formula is C13H22ClN3O2. The highest BCUT2D eigenvalue weighted by Gasteiger charge is 2.29. The van der Waals surface area contributed by atoms with Crippen molar-refractivity contribution in [2.24, 2.45) is 0 Å². The molecule has 0 radical (unpaired) electrons. The second-order valence-corrected chi connectivity index (χ2v) is 5.00. The number of halogens is 1. The molecule has 0 saturated carbocycles. The number of nitrogens with one attached hydrogen (secondary N) is 1. The van der Waals surface area contributed by atoms with E-state index in [2.05, 4.69) is 31.2 Å². The van der Waals surface area contributed by atoms with E-state index in [0.717, 1.165) is 12.1 Å². The zero-order chi connectivity index (χ0) is 13.3. The van der Waals surface area contributed by atoms with Gasteiger partial charge in [-0.2, -0.15) is 5.10 Å². The number of esters is 1. The Labute approximate surface area is 120 Å². The van der Waals surface area contributed by atoms with Gasteiger partial charge in [0, 0.05) is 36.3 Å². The van der Waals surface area contributed by atoms with Crippen LogP contribution in [0.3, 0.4) is 0 Å². The third-order valence-corrected chi connectivity index (χ3v) is 3.23. The number of hydrogen-bond acceptors (Lipinski definition) is 4. The van der Waals surface area contributed by atoms with Gasteiger partial charge in [-0.25, -0.2) is 4.79 Å². The monoisotopic (exact) mass is 287 g/mol. The zero-order valence-electron chi connectivity index (χ0n) is 11.9. The van der Waals surface area contributed by atoms with Gasteiger partial charge in [0.1, 0.15) is 0 Å². The topological polar surface area (TPSA) is 56.1 Å². The second kappa shape index (κ2) is 6.39. The summed E-state index contributed by atoms with van der Waals surface area (Å²) in [6.45, 7) is 10.1. The van der Waals surface area contributed by atoms with Crippen LogP contribution in [0.4, 0.5) is 0 Å². The summed E-state index contributed by atoms with van der Waals surface area (Å²) in [4.78, 5) is 11.9. The maximum atomic E-state index is 11.9. The van der Waals surface area contributed by atoms with Crippen molar-refractivity contribution in [2.75, 3.05) is 13.2 Å². The summed E-state index contributed by atoms with van der Waals surface area (Å²) in [6, 6.07) is 0.252. The number of fused-ring (bicyclic) bond motifs is 1. The molecule has 0 fully saturated rings. The van der Waals surface area contributed by atoms with E-state index in [9.17, 15) is 4.79 Å². The van der Waals surface area contributed by atoms with Crippen LogP contribution in [0, 0.1) is 0 Å². The van der Waals surface area contributed by atoms with Crippen molar-refractivity contribution in [1.29, 1.82) is 0 Å². The average Bonchev–Trinajstić information content (AvgIpc) is 2.70. The standard InChI is InChI=1S/C13H21N3O2.ClH/c1-5-18-13(17)11-10-7-14-6-9(4)12(10)16(15-11)8(2)3;/h8-9,14H,5-7H2,1-4H3;1H/t9-;/m0./s1. The molecule has 0 bridgehead atoms. The van der Waals surface area contributed by atoms with Crippen LogP contribution >= 0.6 is 12.4 Å². The molecule has 5 nitrogen and oxygen atoms in total. The predicted octanol–water partition coefficient (Wildman–Crippen LogP) is 2.27. The van der Waals surface area contributed by atoms with Gasteiger partial charge >= 0.3 is 5.97 Å². The molecule has 0 aromatic carbocycles. The van der Waals surface area contributed by atoms with E-state index in [1.807, 2.05) is 11.6 Å². The van der Waals surface area contributed by atoms with Crippen LogP contribution in [-0.4, -0.2) is 28.9 Å². The summed E-state index contributed by atoms with van der Waals surface area (Å²) in [5, 5.41) is 7.78. The summed E-state index contributed by atoms with van der Waals surface area (Å²) in [7, 11) is 0. The van der Waals surface area contributed by atoms with Crippen LogP contribution in [0.25, 0.3) is 0 Å². The van der Waals surface area contributed by atoms with Crippen molar-refractivity contribution in [3.63, 3.8) is 0 Å². The van der Waals surface area contributed by atoms with Crippen LogP contribution in [0.15, 0.2) is 0 Å². The number of ether oxygens (including phenoxy) is 1. The van der Waals surface area contributed by atoms with Gasteiger partial charge in [-0.15, -0.1) is 12.4 Å². The second-order valence-electron chi connectivity index (χ2n) is 5.00. The quantitative estimate of drug-likeness (QED) is 0.867. The van der Waals surface area contributed by atoms with Gasteiger partial charge in [0.05, 0.1) is 6.61 Å². The van der Waals surface area contributed by atoms with Crippen molar-refractivity contribution >= 4 is 18.4 Å². The highest BCUT2D eigenvalue weighted by atomic mass is 35.5. The highest BCUT2D eigenvalue weighted by molar-refractivity contribution is 5.89. The van der Waals surface area contributed by atoms with Crippen LogP contribution < -0.4 is 5.32 Å². The van der Waals surface area contributed by atoms with Crippen molar-refractivity contribution < 1.29 is 9.53 Å². The lowest BCUT2D eigenvalue weighted by molar-refractivity contribution is 0.0517. The Morgan fingerprint density at radius 3 is 2.84 bits per heavy atom. The fourth-order valence-electron chi connectivity index (χ4n) is 2.45. The molecule has 108 valence electrons. The molecule has 19 heavy (non-hydrogen) atoms. The maximum Gasteiger partial charge on any atom is 0.359 e. The lowest BCUT2D eigenvalue weighted by atomic mass is 9.97. The van der Waals surface area contributed by atoms with Gasteiger partial charge in [-0.3, -0.25) is 4.68 Å². The molecule has 2 heterocycles. The first-order valence-electron chi connectivity index (χ1n) is 6.55. The molecule has 1 aliphatic heterocycles. The first-order chi connectivity index (χ1) is 8.56. The van der Waals surface area contributed by atoms with Crippen molar-refractivity contribution in [2.45, 2.75) is 46.2 Å². The average molecular weight is 288 g/mol. The first-order valence-corrected chi connectivity index (χ1v) is 6.55. The minimum Gasteiger partial charge on any atom is -0.461 e. The van der Waals surface area contributed by atoms with E-state index in [-0.39, 0.29) is 24.4 Å². The van der Waals surface area contributed by atoms with E-state index in [1.54, 1.807) is 0 Å². The van der Waals surface area contributed by atoms with Crippen LogP contribution in [0.1, 0.15) is 61.4 Å². The van der Waals surface area contributed by atoms with Gasteiger partial charge < -0.3 is 10.1 Å². The van der Waals surface area contributed by atoms with Crippen molar-refractivity contribution in [3.8, 4) is 0 Å². The number of hydrogen-bond donors (Lipinski definition) is 1. The molecule has 6 heteroatoms. The smallest absolute Gasteiger partial charge is 0.359 e.